The molecule has 0 saturated carbocycles. The Balaban J connectivity index is 2.31. The predicted octanol–water partition coefficient (Wildman–Crippen LogP) is 3.17. The summed E-state index contributed by atoms with van der Waals surface area (Å²) in [6, 6.07) is 7.72. The summed E-state index contributed by atoms with van der Waals surface area (Å²) >= 11 is 3.42. The molecule has 5 nitrogen and oxygen atoms in total. The summed E-state index contributed by atoms with van der Waals surface area (Å²) in [6.45, 7) is 1.81. The second-order valence-corrected chi connectivity index (χ2v) is 5.27. The number of aromatic carboxylic acids is 1. The van der Waals surface area contributed by atoms with E-state index in [-0.39, 0.29) is 5.69 Å². The van der Waals surface area contributed by atoms with Crippen molar-refractivity contribution in [1.82, 2.24) is 14.4 Å². The number of benzene rings is 1. The largest absolute Gasteiger partial charge is 0.476 e. The molecule has 0 fully saturated rings. The Kier molecular flexibility index (Phi) is 3.02. The van der Waals surface area contributed by atoms with Gasteiger partial charge in [0.2, 0.25) is 0 Å². The summed E-state index contributed by atoms with van der Waals surface area (Å²) in [5.41, 5.74) is 2.33. The number of carboxylic acid groups (broad SMARTS) is 1. The highest BCUT2D eigenvalue weighted by atomic mass is 79.9. The van der Waals surface area contributed by atoms with Gasteiger partial charge in [-0.2, -0.15) is 0 Å². The van der Waals surface area contributed by atoms with Gasteiger partial charge in [-0.1, -0.05) is 28.1 Å². The highest BCUT2D eigenvalue weighted by Gasteiger charge is 2.14. The molecule has 0 radical (unpaired) electrons. The molecule has 0 aliphatic heterocycles. The molecular formula is C14H10BrN3O2. The normalized spacial score (nSPS) is 10.9. The zero-order chi connectivity index (χ0) is 14.3. The number of rotatable bonds is 2. The molecule has 20 heavy (non-hydrogen) atoms. The van der Waals surface area contributed by atoms with Crippen LogP contribution in [0.4, 0.5) is 0 Å². The molecule has 0 unspecified atom stereocenters. The standard InChI is InChI=1S/C14H10BrN3O2/c1-8-16-6-11(9-3-2-4-10(15)5-9)13-17-12(14(19)20)7-18(8)13/h2-7H,1H3,(H,19,20). The summed E-state index contributed by atoms with van der Waals surface area (Å²) in [5, 5.41) is 9.08. The minimum Gasteiger partial charge on any atom is -0.476 e. The Morgan fingerprint density at radius 3 is 2.90 bits per heavy atom. The molecular weight excluding hydrogens is 322 g/mol. The lowest BCUT2D eigenvalue weighted by atomic mass is 10.1. The van der Waals surface area contributed by atoms with Crippen molar-refractivity contribution in [3.05, 3.63) is 52.7 Å². The van der Waals surface area contributed by atoms with Crippen molar-refractivity contribution in [3.8, 4) is 11.1 Å². The molecule has 0 saturated heterocycles. The van der Waals surface area contributed by atoms with Gasteiger partial charge in [-0.3, -0.25) is 4.40 Å². The van der Waals surface area contributed by atoms with Gasteiger partial charge in [-0.15, -0.1) is 0 Å². The van der Waals surface area contributed by atoms with Crippen molar-refractivity contribution < 1.29 is 9.90 Å². The van der Waals surface area contributed by atoms with Crippen LogP contribution in [-0.2, 0) is 0 Å². The molecule has 3 rings (SSSR count). The van der Waals surface area contributed by atoms with Gasteiger partial charge in [0.15, 0.2) is 5.69 Å². The summed E-state index contributed by atoms with van der Waals surface area (Å²) in [5.74, 6) is -0.355. The third-order valence-corrected chi connectivity index (χ3v) is 3.52. The van der Waals surface area contributed by atoms with Crippen LogP contribution in [0.1, 0.15) is 16.3 Å². The van der Waals surface area contributed by atoms with Crippen molar-refractivity contribution in [2.75, 3.05) is 0 Å². The number of carboxylic acids is 1. The number of aryl methyl sites for hydroxylation is 1. The van der Waals surface area contributed by atoms with Gasteiger partial charge in [0.1, 0.15) is 11.5 Å². The lowest BCUT2D eigenvalue weighted by Crippen LogP contribution is -1.96. The van der Waals surface area contributed by atoms with E-state index in [1.807, 2.05) is 31.2 Å². The highest BCUT2D eigenvalue weighted by molar-refractivity contribution is 9.10. The van der Waals surface area contributed by atoms with Crippen LogP contribution in [0.3, 0.4) is 0 Å². The van der Waals surface area contributed by atoms with Gasteiger partial charge in [0, 0.05) is 22.4 Å². The first kappa shape index (κ1) is 12.8. The topological polar surface area (TPSA) is 67.5 Å². The average molecular weight is 332 g/mol. The molecule has 3 aromatic rings. The Hall–Kier alpha value is -2.21. The first-order valence-corrected chi connectivity index (χ1v) is 6.69. The lowest BCUT2D eigenvalue weighted by molar-refractivity contribution is 0.0691. The summed E-state index contributed by atoms with van der Waals surface area (Å²) in [7, 11) is 0. The molecule has 0 atom stereocenters. The van der Waals surface area contributed by atoms with E-state index in [0.717, 1.165) is 15.6 Å². The monoisotopic (exact) mass is 331 g/mol. The number of nitrogens with zero attached hydrogens (tertiary/aromatic N) is 3. The minimum atomic E-state index is -1.05. The summed E-state index contributed by atoms with van der Waals surface area (Å²) < 4.78 is 2.64. The molecule has 0 bridgehead atoms. The first-order valence-electron chi connectivity index (χ1n) is 5.90. The molecule has 2 heterocycles. The van der Waals surface area contributed by atoms with E-state index in [4.69, 9.17) is 5.11 Å². The summed E-state index contributed by atoms with van der Waals surface area (Å²) in [4.78, 5) is 19.6. The smallest absolute Gasteiger partial charge is 0.356 e. The van der Waals surface area contributed by atoms with Gasteiger partial charge in [0.05, 0.1) is 0 Å². The number of fused-ring (bicyclic) bond motifs is 1. The van der Waals surface area contributed by atoms with Crippen LogP contribution in [0.15, 0.2) is 41.1 Å². The number of hydrogen-bond acceptors (Lipinski definition) is 3. The molecule has 6 heteroatoms. The van der Waals surface area contributed by atoms with E-state index in [2.05, 4.69) is 25.9 Å². The van der Waals surface area contributed by atoms with E-state index in [1.54, 1.807) is 10.6 Å². The minimum absolute atomic E-state index is 0.0114. The van der Waals surface area contributed by atoms with Crippen LogP contribution in [0.2, 0.25) is 0 Å². The average Bonchev–Trinajstić information content (AvgIpc) is 2.85. The fourth-order valence-corrected chi connectivity index (χ4v) is 2.46. The van der Waals surface area contributed by atoms with E-state index >= 15 is 0 Å². The van der Waals surface area contributed by atoms with Crippen LogP contribution >= 0.6 is 15.9 Å². The van der Waals surface area contributed by atoms with Crippen LogP contribution in [0, 0.1) is 6.92 Å². The molecule has 1 aromatic carbocycles. The molecule has 0 aliphatic rings. The van der Waals surface area contributed by atoms with Crippen molar-refractivity contribution in [2.45, 2.75) is 6.92 Å². The maximum Gasteiger partial charge on any atom is 0.356 e. The van der Waals surface area contributed by atoms with E-state index in [9.17, 15) is 4.79 Å². The van der Waals surface area contributed by atoms with Crippen LogP contribution in [0.25, 0.3) is 16.8 Å². The zero-order valence-corrected chi connectivity index (χ0v) is 12.1. The molecule has 0 amide bonds. The number of hydrogen-bond donors (Lipinski definition) is 1. The highest BCUT2D eigenvalue weighted by Crippen LogP contribution is 2.26. The van der Waals surface area contributed by atoms with Gasteiger partial charge < -0.3 is 5.11 Å². The summed E-state index contributed by atoms with van der Waals surface area (Å²) in [6.07, 6.45) is 3.20. The first-order chi connectivity index (χ1) is 9.56. The van der Waals surface area contributed by atoms with Crippen molar-refractivity contribution in [3.63, 3.8) is 0 Å². The van der Waals surface area contributed by atoms with Crippen molar-refractivity contribution in [1.29, 1.82) is 0 Å². The Morgan fingerprint density at radius 1 is 1.40 bits per heavy atom. The third kappa shape index (κ3) is 2.08. The number of aromatic nitrogens is 3. The fourth-order valence-electron chi connectivity index (χ4n) is 2.06. The van der Waals surface area contributed by atoms with E-state index < -0.39 is 5.97 Å². The number of imidazole rings is 1. The van der Waals surface area contributed by atoms with Crippen molar-refractivity contribution >= 4 is 27.5 Å². The quantitative estimate of drug-likeness (QED) is 0.783. The second-order valence-electron chi connectivity index (χ2n) is 4.35. The lowest BCUT2D eigenvalue weighted by Gasteiger charge is -2.06. The molecule has 0 spiro atoms. The molecule has 100 valence electrons. The molecule has 2 aromatic heterocycles. The third-order valence-electron chi connectivity index (χ3n) is 3.03. The maximum atomic E-state index is 11.1. The fraction of sp³-hybridized carbons (Fsp3) is 0.0714. The zero-order valence-electron chi connectivity index (χ0n) is 10.5. The Morgan fingerprint density at radius 2 is 2.20 bits per heavy atom. The van der Waals surface area contributed by atoms with E-state index in [1.165, 1.54) is 6.20 Å². The van der Waals surface area contributed by atoms with Gasteiger partial charge in [-0.25, -0.2) is 14.8 Å². The van der Waals surface area contributed by atoms with Crippen LogP contribution < -0.4 is 0 Å². The van der Waals surface area contributed by atoms with Gasteiger partial charge >= 0.3 is 5.97 Å². The predicted molar refractivity (Wildman–Crippen MR) is 77.8 cm³/mol. The van der Waals surface area contributed by atoms with Crippen LogP contribution in [-0.4, -0.2) is 25.4 Å². The SMILES string of the molecule is Cc1ncc(-c2cccc(Br)c2)c2nc(C(=O)O)cn12. The van der Waals surface area contributed by atoms with Crippen molar-refractivity contribution in [2.24, 2.45) is 0 Å². The number of carbonyl (C=O) groups is 1. The molecule has 1 N–H and O–H groups in total. The maximum absolute atomic E-state index is 11.1. The van der Waals surface area contributed by atoms with E-state index in [0.29, 0.717) is 11.5 Å². The Bertz CT molecular complexity index is 826. The second kappa shape index (κ2) is 4.72. The van der Waals surface area contributed by atoms with Crippen LogP contribution in [0.5, 0.6) is 0 Å². The number of halogens is 1. The Labute approximate surface area is 123 Å². The van der Waals surface area contributed by atoms with Gasteiger partial charge in [0.25, 0.3) is 0 Å². The van der Waals surface area contributed by atoms with Gasteiger partial charge in [-0.05, 0) is 24.6 Å². The molecule has 0 aliphatic carbocycles.